The largest absolute Gasteiger partial charge is 0.429 e. The summed E-state index contributed by atoms with van der Waals surface area (Å²) in [6, 6.07) is 0. The lowest BCUT2D eigenvalue weighted by molar-refractivity contribution is -0.326. The van der Waals surface area contributed by atoms with Crippen LogP contribution in [0.4, 0.5) is 0 Å². The first-order chi connectivity index (χ1) is 32.1. The number of carbonyl (C=O) groups is 2. The van der Waals surface area contributed by atoms with Crippen LogP contribution in [-0.2, 0) is 47.5 Å². The Morgan fingerprint density at radius 1 is 0.397 bits per heavy atom. The molecule has 4 fully saturated rings. The second-order valence-corrected chi connectivity index (χ2v) is 16.5. The summed E-state index contributed by atoms with van der Waals surface area (Å²) in [5, 5.41) is 142. The summed E-state index contributed by atoms with van der Waals surface area (Å²) in [6.07, 6.45) is -16.8. The van der Waals surface area contributed by atoms with Crippen molar-refractivity contribution in [3.8, 4) is 0 Å². The van der Waals surface area contributed by atoms with Gasteiger partial charge in [-0.3, -0.25) is 0 Å². The van der Waals surface area contributed by atoms with Crippen molar-refractivity contribution in [1.82, 2.24) is 0 Å². The Morgan fingerprint density at radius 3 is 1.01 bits per heavy atom. The highest BCUT2D eigenvalue weighted by atomic mass is 16.8. The molecule has 384 valence electrons. The molecule has 4 saturated heterocycles. The van der Waals surface area contributed by atoms with Crippen LogP contribution in [0.3, 0.4) is 0 Å². The van der Waals surface area contributed by atoms with Gasteiger partial charge in [0.15, 0.2) is 12.6 Å². The number of aliphatic hydroxyl groups excluding tert-OH is 14. The fourth-order valence-corrected chi connectivity index (χ4v) is 6.84. The molecule has 0 unspecified atom stereocenters. The van der Waals surface area contributed by atoms with E-state index in [-0.39, 0.29) is 11.1 Å². The molecule has 0 aromatic rings. The number of esters is 2. The highest BCUT2D eigenvalue weighted by Gasteiger charge is 2.50. The van der Waals surface area contributed by atoms with Crippen LogP contribution < -0.4 is 0 Å². The summed E-state index contributed by atoms with van der Waals surface area (Å²) in [5.74, 6) is -1.86. The molecule has 20 atom stereocenters. The highest BCUT2D eigenvalue weighted by molar-refractivity contribution is 5.88. The molecule has 0 bridgehead atoms. The van der Waals surface area contributed by atoms with E-state index in [1.807, 2.05) is 0 Å². The average molecular weight is 977 g/mol. The van der Waals surface area contributed by atoms with E-state index < -0.39 is 161 Å². The van der Waals surface area contributed by atoms with Crippen molar-refractivity contribution in [2.24, 2.45) is 0 Å². The molecule has 0 radical (unpaired) electrons. The number of aliphatic hydroxyl groups is 14. The zero-order valence-electron chi connectivity index (χ0n) is 37.5. The van der Waals surface area contributed by atoms with Crippen LogP contribution in [-0.4, -0.2) is 233 Å². The van der Waals surface area contributed by atoms with E-state index in [0.717, 1.165) is 11.1 Å². The van der Waals surface area contributed by atoms with Crippen molar-refractivity contribution in [2.45, 2.75) is 151 Å². The Balaban J connectivity index is 1.23. The van der Waals surface area contributed by atoms with Gasteiger partial charge < -0.3 is 109 Å². The predicted octanol–water partition coefficient (Wildman–Crippen LogP) is -5.23. The van der Waals surface area contributed by atoms with Gasteiger partial charge in [-0.25, -0.2) is 9.59 Å². The third kappa shape index (κ3) is 14.9. The van der Waals surface area contributed by atoms with Gasteiger partial charge in [0.1, 0.15) is 97.7 Å². The summed E-state index contributed by atoms with van der Waals surface area (Å²) < 4.78 is 42.7. The SMILES string of the molecule is CC(/C=C/C=C(\C)C(=O)O[C@@H]1O[C@H](CO[C@@H]2O[C@H](CO)[C@@H](O)[C@H](O)[C@@H]2O)[C@@H](O)[C@H](O)[C@@H]1O)=C\C=C\C=C(C)\C=C\C=C(/C)C(=O)O[C@H]1O[C@@H](CO[C@@H]2O[C@H](CO)[C@@H](O)[C@@H](O)[C@@H]2O)[C@H](O)[C@@H](O)[C@@H]1O. The molecule has 4 heterocycles. The van der Waals surface area contributed by atoms with Gasteiger partial charge in [-0.15, -0.1) is 0 Å². The Bertz CT molecular complexity index is 1730. The first-order valence-corrected chi connectivity index (χ1v) is 21.5. The lowest BCUT2D eigenvalue weighted by Gasteiger charge is -2.42. The minimum atomic E-state index is -1.86. The van der Waals surface area contributed by atoms with E-state index in [4.69, 9.17) is 37.9 Å². The normalized spacial score (nSPS) is 40.3. The average Bonchev–Trinajstić information content (AvgIpc) is 3.31. The van der Waals surface area contributed by atoms with Gasteiger partial charge in [-0.1, -0.05) is 71.9 Å². The van der Waals surface area contributed by atoms with Crippen molar-refractivity contribution >= 4 is 11.9 Å². The zero-order valence-corrected chi connectivity index (χ0v) is 37.5. The standard InChI is InChI=1S/C44H64O24/c1-19(11-7-13-21(3)39(59)67-43-37(57)33(53)29(49)25(65-43)17-61-41-35(55)31(51)27(47)23(15-45)63-41)9-5-6-10-20(2)12-8-14-22(4)40(60)68-44-38(58)34(54)30(50)26(66-44)18-62-42-36(56)32(52)28(48)24(16-46)64-42/h5-14,23-38,41-58H,15-18H2,1-4H3/b6-5+,11-7+,12-8+,19-9+,20-10+,21-13+,22-14+/t23-,24-,25-,26+,27-,28-,29-,30+,31+,32-,33+,34-,35+,36+,37+,38+,41-,42-,43+,44-/m1/s1. The van der Waals surface area contributed by atoms with Crippen LogP contribution in [0.1, 0.15) is 27.7 Å². The smallest absolute Gasteiger partial charge is 0.336 e. The minimum absolute atomic E-state index is 0.0726. The number of carbonyl (C=O) groups excluding carboxylic acids is 2. The molecule has 4 rings (SSSR count). The Kier molecular flexibility index (Phi) is 22.2. The summed E-state index contributed by atoms with van der Waals surface area (Å²) >= 11 is 0. The van der Waals surface area contributed by atoms with Gasteiger partial charge in [-0.05, 0) is 27.7 Å². The van der Waals surface area contributed by atoms with Crippen LogP contribution in [0.25, 0.3) is 0 Å². The van der Waals surface area contributed by atoms with Crippen LogP contribution >= 0.6 is 0 Å². The molecule has 0 aromatic heterocycles. The summed E-state index contributed by atoms with van der Waals surface area (Å²) in [7, 11) is 0. The predicted molar refractivity (Wildman–Crippen MR) is 227 cm³/mol. The third-order valence-electron chi connectivity index (χ3n) is 11.2. The van der Waals surface area contributed by atoms with Crippen LogP contribution in [0.15, 0.2) is 83.1 Å². The molecule has 4 aliphatic heterocycles. The van der Waals surface area contributed by atoms with E-state index in [1.54, 1.807) is 62.5 Å². The fraction of sp³-hybridized carbons (Fsp3) is 0.636. The van der Waals surface area contributed by atoms with E-state index in [9.17, 15) is 81.1 Å². The summed E-state index contributed by atoms with van der Waals surface area (Å²) in [4.78, 5) is 25.6. The number of hydrogen-bond acceptors (Lipinski definition) is 24. The molecular weight excluding hydrogens is 912 g/mol. The summed E-state index contributed by atoms with van der Waals surface area (Å²) in [6.45, 7) is 3.80. The molecule has 24 heteroatoms. The van der Waals surface area contributed by atoms with Crippen molar-refractivity contribution in [2.75, 3.05) is 26.4 Å². The van der Waals surface area contributed by atoms with Crippen LogP contribution in [0.5, 0.6) is 0 Å². The fourth-order valence-electron chi connectivity index (χ4n) is 6.84. The molecule has 0 spiro atoms. The number of hydrogen-bond donors (Lipinski definition) is 14. The molecule has 0 saturated carbocycles. The van der Waals surface area contributed by atoms with E-state index in [0.29, 0.717) is 0 Å². The number of allylic oxidation sites excluding steroid dienone is 12. The van der Waals surface area contributed by atoms with Gasteiger partial charge in [0.2, 0.25) is 12.6 Å². The highest BCUT2D eigenvalue weighted by Crippen LogP contribution is 2.28. The van der Waals surface area contributed by atoms with Gasteiger partial charge in [0.25, 0.3) is 0 Å². The summed E-state index contributed by atoms with van der Waals surface area (Å²) in [5.41, 5.74) is 1.68. The van der Waals surface area contributed by atoms with Crippen molar-refractivity contribution in [3.63, 3.8) is 0 Å². The number of rotatable bonds is 18. The molecular formula is C44H64O24. The first kappa shape index (κ1) is 56.9. The van der Waals surface area contributed by atoms with E-state index in [2.05, 4.69) is 0 Å². The zero-order chi connectivity index (χ0) is 50.6. The minimum Gasteiger partial charge on any atom is -0.429 e. The molecule has 0 aliphatic carbocycles. The van der Waals surface area contributed by atoms with Gasteiger partial charge in [0, 0.05) is 11.1 Å². The molecule has 0 amide bonds. The van der Waals surface area contributed by atoms with Gasteiger partial charge >= 0.3 is 11.9 Å². The maximum absolute atomic E-state index is 12.8. The molecule has 68 heavy (non-hydrogen) atoms. The maximum Gasteiger partial charge on any atom is 0.336 e. The lowest BCUT2D eigenvalue weighted by atomic mass is 9.98. The second-order valence-electron chi connectivity index (χ2n) is 16.5. The van der Waals surface area contributed by atoms with E-state index in [1.165, 1.54) is 26.0 Å². The quantitative estimate of drug-likeness (QED) is 0.0347. The Hall–Kier alpha value is -3.68. The Morgan fingerprint density at radius 2 is 0.691 bits per heavy atom. The second kappa shape index (κ2) is 26.5. The molecule has 4 aliphatic rings. The van der Waals surface area contributed by atoms with Crippen molar-refractivity contribution < 1.29 is 119 Å². The van der Waals surface area contributed by atoms with Crippen LogP contribution in [0, 0.1) is 0 Å². The van der Waals surface area contributed by atoms with Crippen molar-refractivity contribution in [1.29, 1.82) is 0 Å². The third-order valence-corrected chi connectivity index (χ3v) is 11.2. The monoisotopic (exact) mass is 976 g/mol. The first-order valence-electron chi connectivity index (χ1n) is 21.5. The van der Waals surface area contributed by atoms with Crippen molar-refractivity contribution in [3.05, 3.63) is 83.1 Å². The van der Waals surface area contributed by atoms with E-state index >= 15 is 0 Å². The maximum atomic E-state index is 12.8. The Labute approximate surface area is 390 Å². The lowest BCUT2D eigenvalue weighted by Crippen LogP contribution is -2.61. The van der Waals surface area contributed by atoms with Crippen LogP contribution in [0.2, 0.25) is 0 Å². The number of ether oxygens (including phenoxy) is 8. The molecule has 24 nitrogen and oxygen atoms in total. The molecule has 14 N–H and O–H groups in total. The van der Waals surface area contributed by atoms with Gasteiger partial charge in [-0.2, -0.15) is 0 Å². The molecule has 0 aromatic carbocycles. The topological polar surface area (TPSA) is 391 Å². The van der Waals surface area contributed by atoms with Gasteiger partial charge in [0.05, 0.1) is 26.4 Å².